The number of hydrogen-bond acceptors (Lipinski definition) is 6. The summed E-state index contributed by atoms with van der Waals surface area (Å²) < 4.78 is 19.9. The summed E-state index contributed by atoms with van der Waals surface area (Å²) in [7, 11) is 1.34. The van der Waals surface area contributed by atoms with Crippen LogP contribution in [0.4, 0.5) is 9.18 Å². The number of carbonyl (C=O) groups is 3. The molecule has 3 heterocycles. The van der Waals surface area contributed by atoms with Crippen LogP contribution >= 0.6 is 0 Å². The number of hydrogen-bond donors (Lipinski definition) is 2. The second-order valence-corrected chi connectivity index (χ2v) is 11.4. The largest absolute Gasteiger partial charge is 0.494 e. The van der Waals surface area contributed by atoms with Crippen LogP contribution in [0.5, 0.6) is 5.75 Å². The van der Waals surface area contributed by atoms with E-state index in [1.165, 1.54) is 50.2 Å². The van der Waals surface area contributed by atoms with Gasteiger partial charge in [0.25, 0.3) is 11.8 Å². The topological polar surface area (TPSA) is 94.2 Å². The maximum Gasteiger partial charge on any atom is 0.322 e. The molecule has 212 valence electrons. The SMILES string of the molecule is COc1ccc2c(c1F)C(=O)N(C[C@]1(c3ccc(CN4CCN(C5CCCCC5)CC4)cc3)NC(=O)NC1=O)C2. The predicted octanol–water partition coefficient (Wildman–Crippen LogP) is 2.98. The van der Waals surface area contributed by atoms with Crippen molar-refractivity contribution in [2.75, 3.05) is 39.8 Å². The Kier molecular flexibility index (Phi) is 7.22. The predicted molar refractivity (Wildman–Crippen MR) is 146 cm³/mol. The first kappa shape index (κ1) is 26.7. The highest BCUT2D eigenvalue weighted by Gasteiger charge is 2.50. The van der Waals surface area contributed by atoms with E-state index in [0.717, 1.165) is 44.3 Å². The fourth-order valence-corrected chi connectivity index (χ4v) is 6.75. The fraction of sp³-hybridized carbons (Fsp3) is 0.500. The molecule has 0 unspecified atom stereocenters. The normalized spacial score (nSPS) is 24.2. The number of piperazine rings is 1. The molecule has 0 radical (unpaired) electrons. The van der Waals surface area contributed by atoms with E-state index in [1.807, 2.05) is 24.3 Å². The van der Waals surface area contributed by atoms with Gasteiger partial charge < -0.3 is 15.0 Å². The van der Waals surface area contributed by atoms with Crippen molar-refractivity contribution in [1.29, 1.82) is 0 Å². The lowest BCUT2D eigenvalue weighted by Gasteiger charge is -2.40. The van der Waals surface area contributed by atoms with Gasteiger partial charge in [-0.05, 0) is 35.6 Å². The van der Waals surface area contributed by atoms with Crippen LogP contribution in [0.25, 0.3) is 0 Å². The number of amides is 4. The number of methoxy groups -OCH3 is 1. The van der Waals surface area contributed by atoms with Crippen LogP contribution in [0.1, 0.15) is 59.2 Å². The highest BCUT2D eigenvalue weighted by Crippen LogP contribution is 2.34. The second kappa shape index (κ2) is 10.8. The minimum atomic E-state index is -1.47. The minimum absolute atomic E-state index is 0.0124. The van der Waals surface area contributed by atoms with Crippen LogP contribution < -0.4 is 15.4 Å². The van der Waals surface area contributed by atoms with Crippen molar-refractivity contribution >= 4 is 17.8 Å². The van der Waals surface area contributed by atoms with E-state index in [4.69, 9.17) is 4.74 Å². The monoisotopic (exact) mass is 549 g/mol. The van der Waals surface area contributed by atoms with E-state index in [1.54, 1.807) is 6.07 Å². The van der Waals surface area contributed by atoms with Gasteiger partial charge in [0, 0.05) is 45.3 Å². The van der Waals surface area contributed by atoms with E-state index in [-0.39, 0.29) is 24.4 Å². The van der Waals surface area contributed by atoms with Crippen LogP contribution in [0.2, 0.25) is 0 Å². The Morgan fingerprint density at radius 1 is 0.975 bits per heavy atom. The highest BCUT2D eigenvalue weighted by atomic mass is 19.1. The molecule has 6 rings (SSSR count). The fourth-order valence-electron chi connectivity index (χ4n) is 6.75. The summed E-state index contributed by atoms with van der Waals surface area (Å²) in [5.74, 6) is -1.80. The maximum atomic E-state index is 14.9. The number of ether oxygens (including phenoxy) is 1. The van der Waals surface area contributed by atoms with Crippen molar-refractivity contribution in [3.8, 4) is 5.75 Å². The summed E-state index contributed by atoms with van der Waals surface area (Å²) in [5.41, 5.74) is 0.678. The van der Waals surface area contributed by atoms with Gasteiger partial charge in [0.15, 0.2) is 17.1 Å². The molecule has 1 atom stereocenters. The molecule has 40 heavy (non-hydrogen) atoms. The number of halogens is 1. The van der Waals surface area contributed by atoms with Gasteiger partial charge in [-0.2, -0.15) is 0 Å². The van der Waals surface area contributed by atoms with Crippen molar-refractivity contribution in [3.63, 3.8) is 0 Å². The van der Waals surface area contributed by atoms with Crippen molar-refractivity contribution in [2.45, 2.75) is 56.8 Å². The van der Waals surface area contributed by atoms with Crippen LogP contribution in [-0.4, -0.2) is 78.4 Å². The van der Waals surface area contributed by atoms with Gasteiger partial charge in [-0.25, -0.2) is 9.18 Å². The molecule has 1 saturated carbocycles. The first-order chi connectivity index (χ1) is 19.4. The lowest BCUT2D eigenvalue weighted by atomic mass is 9.88. The zero-order chi connectivity index (χ0) is 27.9. The molecule has 9 nitrogen and oxygen atoms in total. The molecule has 0 aromatic heterocycles. The van der Waals surface area contributed by atoms with Gasteiger partial charge in [0.05, 0.1) is 19.2 Å². The van der Waals surface area contributed by atoms with Crippen LogP contribution in [0.15, 0.2) is 36.4 Å². The molecule has 2 N–H and O–H groups in total. The molecular formula is C30H36FN5O4. The third-order valence-corrected chi connectivity index (χ3v) is 9.00. The average molecular weight is 550 g/mol. The Hall–Kier alpha value is -3.50. The quantitative estimate of drug-likeness (QED) is 0.516. The maximum absolute atomic E-state index is 14.9. The number of nitrogens with one attached hydrogen (secondary N) is 2. The molecule has 4 amide bonds. The van der Waals surface area contributed by atoms with E-state index in [2.05, 4.69) is 20.4 Å². The molecule has 2 aromatic carbocycles. The van der Waals surface area contributed by atoms with Gasteiger partial charge in [0.2, 0.25) is 0 Å². The summed E-state index contributed by atoms with van der Waals surface area (Å²) in [6, 6.07) is 10.9. The summed E-state index contributed by atoms with van der Waals surface area (Å²) in [5, 5.41) is 5.08. The summed E-state index contributed by atoms with van der Waals surface area (Å²) in [6.07, 6.45) is 6.72. The molecule has 0 bridgehead atoms. The van der Waals surface area contributed by atoms with Gasteiger partial charge >= 0.3 is 6.03 Å². The first-order valence-corrected chi connectivity index (χ1v) is 14.2. The Balaban J connectivity index is 1.15. The molecule has 4 aliphatic rings. The number of fused-ring (bicyclic) bond motifs is 1. The highest BCUT2D eigenvalue weighted by molar-refractivity contribution is 6.08. The number of carbonyl (C=O) groups excluding carboxylic acids is 3. The Labute approximate surface area is 233 Å². The Morgan fingerprint density at radius 3 is 2.35 bits per heavy atom. The summed E-state index contributed by atoms with van der Waals surface area (Å²) >= 11 is 0. The number of nitrogens with zero attached hydrogens (tertiary/aromatic N) is 3. The lowest BCUT2D eigenvalue weighted by molar-refractivity contribution is -0.124. The third-order valence-electron chi connectivity index (χ3n) is 9.00. The van der Waals surface area contributed by atoms with E-state index in [9.17, 15) is 18.8 Å². The molecule has 3 aliphatic heterocycles. The van der Waals surface area contributed by atoms with E-state index >= 15 is 0 Å². The molecule has 2 saturated heterocycles. The molecule has 10 heteroatoms. The molecule has 0 spiro atoms. The zero-order valence-corrected chi connectivity index (χ0v) is 22.9. The third kappa shape index (κ3) is 4.83. The van der Waals surface area contributed by atoms with Crippen LogP contribution in [-0.2, 0) is 23.4 Å². The van der Waals surface area contributed by atoms with Crippen LogP contribution in [0, 0.1) is 5.82 Å². The Morgan fingerprint density at radius 2 is 1.70 bits per heavy atom. The van der Waals surface area contributed by atoms with E-state index < -0.39 is 29.2 Å². The number of rotatable bonds is 7. The van der Waals surface area contributed by atoms with Gasteiger partial charge in [-0.3, -0.25) is 24.7 Å². The van der Waals surface area contributed by atoms with Gasteiger partial charge in [-0.1, -0.05) is 49.6 Å². The smallest absolute Gasteiger partial charge is 0.322 e. The zero-order valence-electron chi connectivity index (χ0n) is 22.9. The molecule has 2 aromatic rings. The molecule has 1 aliphatic carbocycles. The van der Waals surface area contributed by atoms with Crippen molar-refractivity contribution in [1.82, 2.24) is 25.3 Å². The molecule has 3 fully saturated rings. The average Bonchev–Trinajstić information content (AvgIpc) is 3.45. The van der Waals surface area contributed by atoms with Crippen molar-refractivity contribution < 1.29 is 23.5 Å². The van der Waals surface area contributed by atoms with Crippen LogP contribution in [0.3, 0.4) is 0 Å². The standard InChI is InChI=1S/C30H36FN5O4/c1-40-24-12-9-21-18-36(27(37)25(21)26(24)31)19-30(28(38)32-29(39)33-30)22-10-7-20(8-11-22)17-34-13-15-35(16-14-34)23-5-3-2-4-6-23/h7-12,23H,2-6,13-19H2,1H3,(H2,32,33,38,39)/t30-/m1/s1. The number of benzene rings is 2. The van der Waals surface area contributed by atoms with E-state index in [0.29, 0.717) is 11.1 Å². The number of urea groups is 1. The van der Waals surface area contributed by atoms with Crippen molar-refractivity contribution in [3.05, 3.63) is 64.5 Å². The van der Waals surface area contributed by atoms with Crippen molar-refractivity contribution in [2.24, 2.45) is 0 Å². The Bertz CT molecular complexity index is 1300. The molecular weight excluding hydrogens is 513 g/mol. The first-order valence-electron chi connectivity index (χ1n) is 14.2. The minimum Gasteiger partial charge on any atom is -0.494 e. The second-order valence-electron chi connectivity index (χ2n) is 11.4. The summed E-state index contributed by atoms with van der Waals surface area (Å²) in [4.78, 5) is 45.2. The summed E-state index contributed by atoms with van der Waals surface area (Å²) in [6.45, 7) is 5.06. The van der Waals surface area contributed by atoms with Gasteiger partial charge in [-0.15, -0.1) is 0 Å². The van der Waals surface area contributed by atoms with Gasteiger partial charge in [0.1, 0.15) is 0 Å². The number of imide groups is 1. The lowest BCUT2D eigenvalue weighted by Crippen LogP contribution is -2.52.